The molecule has 0 aromatic heterocycles. The molecule has 2 nitrogen and oxygen atoms in total. The SMILES string of the molecule is CCCC[Si](CCCC)OC(=O)Cc1ccccc1. The largest absolute Gasteiger partial charge is 0.517 e. The van der Waals surface area contributed by atoms with Crippen molar-refractivity contribution in [3.8, 4) is 0 Å². The molecule has 0 atom stereocenters. The van der Waals surface area contributed by atoms with E-state index in [1.165, 1.54) is 25.7 Å². The third kappa shape index (κ3) is 7.16. The summed E-state index contributed by atoms with van der Waals surface area (Å²) < 4.78 is 5.72. The highest BCUT2D eigenvalue weighted by Crippen LogP contribution is 2.12. The second kappa shape index (κ2) is 9.79. The summed E-state index contributed by atoms with van der Waals surface area (Å²) in [6, 6.07) is 12.0. The molecular formula is C16H25O2Si. The van der Waals surface area contributed by atoms with Gasteiger partial charge in [-0.3, -0.25) is 4.79 Å². The number of hydrogen-bond donors (Lipinski definition) is 0. The Balaban J connectivity index is 2.41. The summed E-state index contributed by atoms with van der Waals surface area (Å²) in [5, 5.41) is 0. The van der Waals surface area contributed by atoms with Crippen LogP contribution in [0.4, 0.5) is 0 Å². The van der Waals surface area contributed by atoms with E-state index in [4.69, 9.17) is 4.43 Å². The van der Waals surface area contributed by atoms with Gasteiger partial charge in [0.1, 0.15) is 0 Å². The van der Waals surface area contributed by atoms with Gasteiger partial charge in [-0.05, 0) is 17.7 Å². The molecule has 0 N–H and O–H groups in total. The monoisotopic (exact) mass is 277 g/mol. The Bertz CT molecular complexity index is 343. The van der Waals surface area contributed by atoms with Gasteiger partial charge in [0.2, 0.25) is 0 Å². The number of carbonyl (C=O) groups is 1. The molecule has 0 aliphatic heterocycles. The topological polar surface area (TPSA) is 26.3 Å². The van der Waals surface area contributed by atoms with Crippen molar-refractivity contribution in [2.45, 2.75) is 58.0 Å². The summed E-state index contributed by atoms with van der Waals surface area (Å²) in [4.78, 5) is 12.0. The normalized spacial score (nSPS) is 10.7. The van der Waals surface area contributed by atoms with Crippen molar-refractivity contribution in [3.05, 3.63) is 35.9 Å². The fourth-order valence-corrected chi connectivity index (χ4v) is 4.28. The molecule has 0 bridgehead atoms. The first-order chi connectivity index (χ1) is 9.26. The van der Waals surface area contributed by atoms with E-state index in [9.17, 15) is 4.79 Å². The minimum Gasteiger partial charge on any atom is -0.517 e. The van der Waals surface area contributed by atoms with Gasteiger partial charge in [0.15, 0.2) is 0 Å². The highest BCUT2D eigenvalue weighted by Gasteiger charge is 2.17. The molecular weight excluding hydrogens is 252 g/mol. The van der Waals surface area contributed by atoms with E-state index in [-0.39, 0.29) is 5.97 Å². The van der Waals surface area contributed by atoms with Crippen LogP contribution in [-0.4, -0.2) is 15.0 Å². The van der Waals surface area contributed by atoms with Gasteiger partial charge in [0, 0.05) is 0 Å². The van der Waals surface area contributed by atoms with Gasteiger partial charge in [-0.15, -0.1) is 0 Å². The van der Waals surface area contributed by atoms with Crippen molar-refractivity contribution in [2.75, 3.05) is 0 Å². The highest BCUT2D eigenvalue weighted by atomic mass is 28.3. The van der Waals surface area contributed by atoms with Crippen LogP contribution in [0.15, 0.2) is 30.3 Å². The molecule has 0 aliphatic carbocycles. The van der Waals surface area contributed by atoms with E-state index in [0.29, 0.717) is 6.42 Å². The van der Waals surface area contributed by atoms with Crippen LogP contribution in [0.3, 0.4) is 0 Å². The summed E-state index contributed by atoms with van der Waals surface area (Å²) in [5.74, 6) is -0.0488. The molecule has 0 spiro atoms. The average Bonchev–Trinajstić information content (AvgIpc) is 2.43. The number of rotatable bonds is 9. The molecule has 0 amide bonds. The predicted molar refractivity (Wildman–Crippen MR) is 81.4 cm³/mol. The van der Waals surface area contributed by atoms with Crippen LogP contribution >= 0.6 is 0 Å². The van der Waals surface area contributed by atoms with Crippen molar-refractivity contribution in [1.82, 2.24) is 0 Å². The Labute approximate surface area is 118 Å². The Morgan fingerprint density at radius 2 is 1.63 bits per heavy atom. The summed E-state index contributed by atoms with van der Waals surface area (Å²) in [6.07, 6.45) is 5.12. The van der Waals surface area contributed by atoms with Crippen molar-refractivity contribution < 1.29 is 9.22 Å². The lowest BCUT2D eigenvalue weighted by Gasteiger charge is -2.15. The first kappa shape index (κ1) is 16.0. The van der Waals surface area contributed by atoms with Crippen LogP contribution < -0.4 is 0 Å². The fourth-order valence-electron chi connectivity index (χ4n) is 1.93. The molecule has 0 fully saturated rings. The lowest BCUT2D eigenvalue weighted by molar-refractivity contribution is -0.134. The molecule has 19 heavy (non-hydrogen) atoms. The van der Waals surface area contributed by atoms with Crippen molar-refractivity contribution in [1.29, 1.82) is 0 Å². The van der Waals surface area contributed by atoms with Crippen LogP contribution in [-0.2, 0) is 15.6 Å². The zero-order valence-electron chi connectivity index (χ0n) is 12.2. The number of unbranched alkanes of at least 4 members (excludes halogenated alkanes) is 2. The van der Waals surface area contributed by atoms with E-state index < -0.39 is 9.04 Å². The number of carbonyl (C=O) groups excluding carboxylic acids is 1. The lowest BCUT2D eigenvalue weighted by Crippen LogP contribution is -2.23. The Morgan fingerprint density at radius 1 is 1.05 bits per heavy atom. The quantitative estimate of drug-likeness (QED) is 0.627. The van der Waals surface area contributed by atoms with Crippen LogP contribution in [0, 0.1) is 0 Å². The smallest absolute Gasteiger partial charge is 0.296 e. The number of hydrogen-bond acceptors (Lipinski definition) is 2. The van der Waals surface area contributed by atoms with Crippen LogP contribution in [0.5, 0.6) is 0 Å². The molecule has 3 heteroatoms. The predicted octanol–water partition coefficient (Wildman–Crippen LogP) is 4.36. The van der Waals surface area contributed by atoms with Gasteiger partial charge >= 0.3 is 0 Å². The van der Waals surface area contributed by atoms with E-state index in [1.807, 2.05) is 30.3 Å². The van der Waals surface area contributed by atoms with E-state index in [0.717, 1.165) is 17.7 Å². The van der Waals surface area contributed by atoms with Gasteiger partial charge in [0.25, 0.3) is 15.0 Å². The molecule has 0 unspecified atom stereocenters. The Morgan fingerprint density at radius 3 is 2.16 bits per heavy atom. The number of benzene rings is 1. The maximum absolute atomic E-state index is 12.0. The highest BCUT2D eigenvalue weighted by molar-refractivity contribution is 6.53. The average molecular weight is 277 g/mol. The van der Waals surface area contributed by atoms with Gasteiger partial charge in [0.05, 0.1) is 6.42 Å². The fraction of sp³-hybridized carbons (Fsp3) is 0.562. The van der Waals surface area contributed by atoms with E-state index >= 15 is 0 Å². The Kier molecular flexibility index (Phi) is 8.22. The molecule has 1 aromatic rings. The van der Waals surface area contributed by atoms with Crippen molar-refractivity contribution in [2.24, 2.45) is 0 Å². The van der Waals surface area contributed by atoms with E-state index in [2.05, 4.69) is 13.8 Å². The summed E-state index contributed by atoms with van der Waals surface area (Å²) >= 11 is 0. The maximum Gasteiger partial charge on any atom is 0.296 e. The summed E-state index contributed by atoms with van der Waals surface area (Å²) in [6.45, 7) is 4.37. The molecule has 0 saturated heterocycles. The van der Waals surface area contributed by atoms with Gasteiger partial charge in [-0.1, -0.05) is 69.9 Å². The third-order valence-corrected chi connectivity index (χ3v) is 5.41. The van der Waals surface area contributed by atoms with Crippen molar-refractivity contribution in [3.63, 3.8) is 0 Å². The lowest BCUT2D eigenvalue weighted by atomic mass is 10.2. The molecule has 105 valence electrons. The molecule has 0 saturated carbocycles. The minimum atomic E-state index is -0.938. The molecule has 1 rings (SSSR count). The zero-order valence-corrected chi connectivity index (χ0v) is 13.2. The van der Waals surface area contributed by atoms with Gasteiger partial charge in [-0.2, -0.15) is 0 Å². The first-order valence-electron chi connectivity index (χ1n) is 7.35. The van der Waals surface area contributed by atoms with Crippen molar-refractivity contribution >= 4 is 15.0 Å². The summed E-state index contributed by atoms with van der Waals surface area (Å²) in [7, 11) is -0.938. The summed E-state index contributed by atoms with van der Waals surface area (Å²) in [5.41, 5.74) is 1.04. The molecule has 0 aliphatic rings. The standard InChI is InChI=1S/C16H25O2Si/c1-3-5-12-19(13-6-4-2)18-16(17)14-15-10-8-7-9-11-15/h7-11H,3-6,12-14H2,1-2H3. The Hall–Kier alpha value is -1.09. The molecule has 0 heterocycles. The van der Waals surface area contributed by atoms with Crippen LogP contribution in [0.25, 0.3) is 0 Å². The van der Waals surface area contributed by atoms with Crippen LogP contribution in [0.1, 0.15) is 45.1 Å². The van der Waals surface area contributed by atoms with Gasteiger partial charge in [-0.25, -0.2) is 0 Å². The minimum absolute atomic E-state index is 0.0488. The molecule has 1 aromatic carbocycles. The third-order valence-electron chi connectivity index (χ3n) is 3.07. The second-order valence-electron chi connectivity index (χ2n) is 4.88. The zero-order chi connectivity index (χ0) is 13.9. The van der Waals surface area contributed by atoms with E-state index in [1.54, 1.807) is 0 Å². The van der Waals surface area contributed by atoms with Gasteiger partial charge < -0.3 is 4.43 Å². The second-order valence-corrected chi connectivity index (χ2v) is 7.16. The van der Waals surface area contributed by atoms with Crippen LogP contribution in [0.2, 0.25) is 12.1 Å². The molecule has 1 radical (unpaired) electrons. The maximum atomic E-state index is 12.0. The first-order valence-corrected chi connectivity index (χ1v) is 9.17.